The normalized spacial score (nSPS) is 12.3. The molecule has 5 heteroatoms. The van der Waals surface area contributed by atoms with Crippen LogP contribution in [0.5, 0.6) is 0 Å². The molecule has 0 atom stereocenters. The van der Waals surface area contributed by atoms with Gasteiger partial charge in [-0.3, -0.25) is 14.9 Å². The minimum Gasteiger partial charge on any atom is -1.00 e. The van der Waals surface area contributed by atoms with Crippen LogP contribution in [0.4, 0.5) is 0 Å². The van der Waals surface area contributed by atoms with Crippen LogP contribution in [0.2, 0.25) is 0 Å². The van der Waals surface area contributed by atoms with Crippen molar-refractivity contribution in [3.8, 4) is 0 Å². The Labute approximate surface area is 104 Å². The van der Waals surface area contributed by atoms with Crippen molar-refractivity contribution < 1.29 is 51.6 Å². The molecule has 1 aromatic carbocycles. The van der Waals surface area contributed by atoms with Gasteiger partial charge in [-0.1, -0.05) is 12.1 Å². The Morgan fingerprint density at radius 2 is 1.31 bits per heavy atom. The number of fused-ring (bicyclic) bond motifs is 1. The second-order valence-corrected chi connectivity index (χ2v) is 2.33. The van der Waals surface area contributed by atoms with Crippen LogP contribution in [0.3, 0.4) is 0 Å². The zero-order chi connectivity index (χ0) is 7.84. The number of halogens is 1. The second kappa shape index (κ2) is 4.77. The summed E-state index contributed by atoms with van der Waals surface area (Å²) in [6, 6.07) is 6.74. The maximum absolute atomic E-state index is 10.9. The summed E-state index contributed by atoms with van der Waals surface area (Å²) < 4.78 is 0. The average molecular weight is 206 g/mol. The zero-order valence-corrected chi connectivity index (χ0v) is 9.76. The summed E-state index contributed by atoms with van der Waals surface area (Å²) in [5, 5.41) is 2.20. The van der Waals surface area contributed by atoms with Crippen LogP contribution < -0.4 is 47.3 Å². The van der Waals surface area contributed by atoms with Crippen LogP contribution in [0.1, 0.15) is 20.7 Å². The number of hydrogen-bond donors (Lipinski definition) is 1. The molecule has 0 saturated heterocycles. The topological polar surface area (TPSA) is 46.2 Å². The van der Waals surface area contributed by atoms with Crippen molar-refractivity contribution in [2.75, 3.05) is 0 Å². The van der Waals surface area contributed by atoms with E-state index in [0.717, 1.165) is 0 Å². The van der Waals surface area contributed by atoms with Gasteiger partial charge in [-0.2, -0.15) is 0 Å². The van der Waals surface area contributed by atoms with Crippen molar-refractivity contribution >= 4 is 11.8 Å². The van der Waals surface area contributed by atoms with Crippen molar-refractivity contribution in [3.05, 3.63) is 35.4 Å². The number of carbonyl (C=O) groups excluding carboxylic acids is 2. The van der Waals surface area contributed by atoms with Gasteiger partial charge in [0.2, 0.25) is 0 Å². The Morgan fingerprint density at radius 3 is 1.69 bits per heavy atom. The van der Waals surface area contributed by atoms with Gasteiger partial charge in [0.15, 0.2) is 0 Å². The van der Waals surface area contributed by atoms with E-state index < -0.39 is 0 Å². The Bertz CT molecular complexity index is 321. The van der Waals surface area contributed by atoms with Gasteiger partial charge in [0, 0.05) is 0 Å². The fraction of sp³-hybridized carbons (Fsp3) is 0. The summed E-state index contributed by atoms with van der Waals surface area (Å²) in [6.45, 7) is 0. The van der Waals surface area contributed by atoms with Crippen LogP contribution in [-0.4, -0.2) is 11.8 Å². The molecular weight excluding hydrogens is 201 g/mol. The molecule has 1 aromatic rings. The van der Waals surface area contributed by atoms with Gasteiger partial charge < -0.3 is 12.4 Å². The minimum absolute atomic E-state index is 0. The van der Waals surface area contributed by atoms with Gasteiger partial charge in [-0.15, -0.1) is 0 Å². The maximum atomic E-state index is 10.9. The van der Waals surface area contributed by atoms with E-state index in [9.17, 15) is 9.59 Å². The van der Waals surface area contributed by atoms with E-state index in [0.29, 0.717) is 11.1 Å². The number of amides is 2. The summed E-state index contributed by atoms with van der Waals surface area (Å²) >= 11 is 0. The first-order valence-corrected chi connectivity index (χ1v) is 3.24. The van der Waals surface area contributed by atoms with Crippen molar-refractivity contribution in [2.45, 2.75) is 0 Å². The number of rotatable bonds is 0. The van der Waals surface area contributed by atoms with E-state index in [-0.39, 0.29) is 53.8 Å². The van der Waals surface area contributed by atoms with Crippen molar-refractivity contribution in [3.63, 3.8) is 0 Å². The zero-order valence-electron chi connectivity index (χ0n) is 7.00. The molecule has 1 heterocycles. The second-order valence-electron chi connectivity index (χ2n) is 2.33. The maximum Gasteiger partial charge on any atom is 1.00 e. The SMILES string of the molecule is O=C1NC(=O)c2ccccc21.[Cl-].[Na+]. The van der Waals surface area contributed by atoms with Gasteiger partial charge in [-0.05, 0) is 12.1 Å². The molecule has 0 spiro atoms. The third kappa shape index (κ3) is 2.11. The first kappa shape index (κ1) is 12.7. The molecule has 13 heavy (non-hydrogen) atoms. The molecule has 1 N–H and O–H groups in total. The average Bonchev–Trinajstić information content (AvgIpc) is 2.30. The van der Waals surface area contributed by atoms with Gasteiger partial charge in [0.25, 0.3) is 11.8 Å². The van der Waals surface area contributed by atoms with E-state index in [2.05, 4.69) is 5.32 Å². The molecule has 0 aromatic heterocycles. The largest absolute Gasteiger partial charge is 1.00 e. The third-order valence-corrected chi connectivity index (χ3v) is 1.64. The fourth-order valence-corrected chi connectivity index (χ4v) is 1.12. The van der Waals surface area contributed by atoms with Crippen molar-refractivity contribution in [1.82, 2.24) is 5.32 Å². The van der Waals surface area contributed by atoms with E-state index >= 15 is 0 Å². The summed E-state index contributed by atoms with van der Waals surface area (Å²) in [5.41, 5.74) is 0.940. The standard InChI is InChI=1S/C8H5NO2.ClH.Na/c10-7-5-3-1-2-4-6(5)8(11)9-7;;/h1-4H,(H,9,10,11);1H;/q;;+1/p-1. The van der Waals surface area contributed by atoms with Crippen LogP contribution in [0.25, 0.3) is 0 Å². The van der Waals surface area contributed by atoms with Gasteiger partial charge in [0.1, 0.15) is 0 Å². The van der Waals surface area contributed by atoms with E-state index in [1.165, 1.54) is 0 Å². The Morgan fingerprint density at radius 1 is 0.923 bits per heavy atom. The van der Waals surface area contributed by atoms with Crippen molar-refractivity contribution in [2.24, 2.45) is 0 Å². The molecule has 0 fully saturated rings. The molecule has 2 rings (SSSR count). The number of carbonyl (C=O) groups is 2. The van der Waals surface area contributed by atoms with E-state index in [1.807, 2.05) is 0 Å². The monoisotopic (exact) mass is 205 g/mol. The fourth-order valence-electron chi connectivity index (χ4n) is 1.12. The van der Waals surface area contributed by atoms with Crippen LogP contribution in [0.15, 0.2) is 24.3 Å². The summed E-state index contributed by atoms with van der Waals surface area (Å²) in [7, 11) is 0. The van der Waals surface area contributed by atoms with Crippen LogP contribution in [-0.2, 0) is 0 Å². The van der Waals surface area contributed by atoms with Gasteiger partial charge in [-0.25, -0.2) is 0 Å². The molecule has 0 bridgehead atoms. The number of hydrogen-bond acceptors (Lipinski definition) is 2. The Kier molecular flexibility index (Phi) is 4.64. The molecule has 0 unspecified atom stereocenters. The molecule has 1 aliphatic rings. The summed E-state index contributed by atoms with van der Waals surface area (Å²) in [5.74, 6) is -0.601. The van der Waals surface area contributed by atoms with Crippen LogP contribution >= 0.6 is 0 Å². The summed E-state index contributed by atoms with van der Waals surface area (Å²) in [4.78, 5) is 21.9. The van der Waals surface area contributed by atoms with Crippen LogP contribution in [0, 0.1) is 0 Å². The quantitative estimate of drug-likeness (QED) is 0.340. The third-order valence-electron chi connectivity index (χ3n) is 1.64. The molecule has 0 saturated carbocycles. The Balaban J connectivity index is 0.000000720. The molecule has 62 valence electrons. The smallest absolute Gasteiger partial charge is 1.00 e. The number of benzene rings is 1. The predicted molar refractivity (Wildman–Crippen MR) is 38.2 cm³/mol. The molecular formula is C8H5ClNNaO2. The summed E-state index contributed by atoms with van der Waals surface area (Å²) in [6.07, 6.45) is 0. The molecule has 2 amide bonds. The van der Waals surface area contributed by atoms with Gasteiger partial charge in [0.05, 0.1) is 11.1 Å². The first-order valence-electron chi connectivity index (χ1n) is 3.24. The minimum atomic E-state index is -0.300. The van der Waals surface area contributed by atoms with E-state index in [1.54, 1.807) is 24.3 Å². The molecule has 3 nitrogen and oxygen atoms in total. The van der Waals surface area contributed by atoms with Gasteiger partial charge >= 0.3 is 29.6 Å². The first-order chi connectivity index (χ1) is 5.29. The predicted octanol–water partition coefficient (Wildman–Crippen LogP) is -5.42. The number of nitrogens with one attached hydrogen (secondary N) is 1. The Hall–Kier alpha value is -0.350. The molecule has 1 aliphatic heterocycles. The van der Waals surface area contributed by atoms with E-state index in [4.69, 9.17) is 0 Å². The molecule has 0 aliphatic carbocycles. The molecule has 0 radical (unpaired) electrons. The number of imide groups is 1. The van der Waals surface area contributed by atoms with Crippen molar-refractivity contribution in [1.29, 1.82) is 0 Å².